The van der Waals surface area contributed by atoms with E-state index >= 15 is 0 Å². The van der Waals surface area contributed by atoms with Crippen molar-refractivity contribution < 1.29 is 14.7 Å². The van der Waals surface area contributed by atoms with Gasteiger partial charge in [-0.2, -0.15) is 0 Å². The van der Waals surface area contributed by atoms with Crippen LogP contribution in [0.15, 0.2) is 18.2 Å². The molecule has 2 aliphatic rings. The smallest absolute Gasteiger partial charge is 0.241 e. The maximum absolute atomic E-state index is 12.0. The maximum atomic E-state index is 12.0. The Bertz CT molecular complexity index is 562. The fraction of sp³-hybridized carbons (Fsp3) is 0.467. The van der Waals surface area contributed by atoms with E-state index in [1.54, 1.807) is 6.07 Å². The highest BCUT2D eigenvalue weighted by Gasteiger charge is 2.28. The molecule has 1 aliphatic carbocycles. The van der Waals surface area contributed by atoms with Crippen molar-refractivity contribution in [3.8, 4) is 0 Å². The minimum atomic E-state index is -0.462. The molecule has 0 spiro atoms. The van der Waals surface area contributed by atoms with Gasteiger partial charge in [0.15, 0.2) is 5.78 Å². The van der Waals surface area contributed by atoms with Gasteiger partial charge in [0, 0.05) is 24.2 Å². The van der Waals surface area contributed by atoms with Crippen LogP contribution in [0.4, 0.5) is 5.69 Å². The summed E-state index contributed by atoms with van der Waals surface area (Å²) in [4.78, 5) is 23.9. The summed E-state index contributed by atoms with van der Waals surface area (Å²) in [5, 5.41) is 15.2. The van der Waals surface area contributed by atoms with Crippen LogP contribution in [0.25, 0.3) is 0 Å². The molecule has 1 heterocycles. The number of nitrogens with one attached hydrogen (secondary N) is 2. The minimum absolute atomic E-state index is 0. The Hall–Kier alpha value is -1.43. The molecule has 2 atom stereocenters. The van der Waals surface area contributed by atoms with Gasteiger partial charge in [0.2, 0.25) is 5.91 Å². The number of aryl methyl sites for hydroxylation is 1. The summed E-state index contributed by atoms with van der Waals surface area (Å²) in [6.07, 6.45) is 2.37. The number of amides is 1. The molecule has 1 aromatic carbocycles. The summed E-state index contributed by atoms with van der Waals surface area (Å²) in [7, 11) is 0. The maximum Gasteiger partial charge on any atom is 0.241 e. The molecule has 114 valence electrons. The van der Waals surface area contributed by atoms with Crippen molar-refractivity contribution in [3.63, 3.8) is 0 Å². The van der Waals surface area contributed by atoms with Gasteiger partial charge in [-0.1, -0.05) is 6.07 Å². The highest BCUT2D eigenvalue weighted by Crippen LogP contribution is 2.24. The lowest BCUT2D eigenvalue weighted by atomic mass is 9.90. The van der Waals surface area contributed by atoms with Crippen LogP contribution in [-0.2, 0) is 11.2 Å². The van der Waals surface area contributed by atoms with E-state index in [0.29, 0.717) is 25.1 Å². The number of halogens is 1. The Labute approximate surface area is 129 Å². The molecule has 0 radical (unpaired) electrons. The van der Waals surface area contributed by atoms with Gasteiger partial charge in [0.05, 0.1) is 12.1 Å². The number of benzene rings is 1. The van der Waals surface area contributed by atoms with E-state index in [-0.39, 0.29) is 30.1 Å². The normalized spacial score (nSPS) is 24.1. The van der Waals surface area contributed by atoms with E-state index in [2.05, 4.69) is 10.6 Å². The van der Waals surface area contributed by atoms with Crippen LogP contribution in [0, 0.1) is 0 Å². The number of ketones is 1. The van der Waals surface area contributed by atoms with E-state index in [4.69, 9.17) is 0 Å². The lowest BCUT2D eigenvalue weighted by Gasteiger charge is -2.17. The molecule has 1 amide bonds. The van der Waals surface area contributed by atoms with E-state index in [0.717, 1.165) is 24.0 Å². The summed E-state index contributed by atoms with van der Waals surface area (Å²) in [5.41, 5.74) is 2.44. The third-order valence-corrected chi connectivity index (χ3v) is 3.95. The Morgan fingerprint density at radius 1 is 1.33 bits per heavy atom. The molecule has 3 rings (SSSR count). The minimum Gasteiger partial charge on any atom is -0.392 e. The molecule has 0 bridgehead atoms. The Morgan fingerprint density at radius 3 is 2.86 bits per heavy atom. The van der Waals surface area contributed by atoms with Gasteiger partial charge in [0.1, 0.15) is 0 Å². The Morgan fingerprint density at radius 2 is 2.14 bits per heavy atom. The highest BCUT2D eigenvalue weighted by atomic mass is 35.5. The molecule has 1 saturated heterocycles. The largest absolute Gasteiger partial charge is 0.392 e. The molecule has 3 N–H and O–H groups in total. The molecule has 1 aliphatic heterocycles. The van der Waals surface area contributed by atoms with Crippen LogP contribution < -0.4 is 10.6 Å². The topological polar surface area (TPSA) is 78.4 Å². The van der Waals surface area contributed by atoms with Crippen LogP contribution in [0.2, 0.25) is 0 Å². The first-order valence-corrected chi connectivity index (χ1v) is 7.02. The molecule has 6 heteroatoms. The number of aliphatic hydroxyl groups is 1. The van der Waals surface area contributed by atoms with Gasteiger partial charge in [-0.25, -0.2) is 0 Å². The molecular formula is C15H19ClN2O3. The van der Waals surface area contributed by atoms with Crippen LogP contribution in [0.5, 0.6) is 0 Å². The number of fused-ring (bicyclic) bond motifs is 1. The average molecular weight is 311 g/mol. The fourth-order valence-electron chi connectivity index (χ4n) is 2.85. The van der Waals surface area contributed by atoms with Crippen LogP contribution in [-0.4, -0.2) is 35.5 Å². The molecule has 0 aromatic heterocycles. The van der Waals surface area contributed by atoms with E-state index < -0.39 is 6.10 Å². The van der Waals surface area contributed by atoms with E-state index in [1.807, 2.05) is 12.1 Å². The van der Waals surface area contributed by atoms with Crippen molar-refractivity contribution in [2.75, 3.05) is 11.9 Å². The van der Waals surface area contributed by atoms with Gasteiger partial charge in [0.25, 0.3) is 0 Å². The summed E-state index contributed by atoms with van der Waals surface area (Å²) >= 11 is 0. The summed E-state index contributed by atoms with van der Waals surface area (Å²) < 4.78 is 0. The van der Waals surface area contributed by atoms with Crippen molar-refractivity contribution >= 4 is 29.8 Å². The number of β-amino-alcohol motifs (C(OH)–C–C–N with tert-alkyl or cyclic N) is 1. The second-order valence-electron chi connectivity index (χ2n) is 5.49. The van der Waals surface area contributed by atoms with Crippen molar-refractivity contribution in [2.24, 2.45) is 0 Å². The molecule has 2 unspecified atom stereocenters. The lowest BCUT2D eigenvalue weighted by Crippen LogP contribution is -2.35. The number of carbonyl (C=O) groups is 2. The Kier molecular flexibility index (Phi) is 4.98. The number of rotatable bonds is 2. The standard InChI is InChI=1S/C15H18N2O3.ClH/c18-11-7-13(16-8-11)15(20)17-10-5-4-9-2-1-3-14(19)12(9)6-10;/h4-6,11,13,16,18H,1-3,7-8H2,(H,17,20);1H. The third-order valence-electron chi connectivity index (χ3n) is 3.95. The first-order valence-electron chi connectivity index (χ1n) is 7.02. The van der Waals surface area contributed by atoms with E-state index in [9.17, 15) is 14.7 Å². The van der Waals surface area contributed by atoms with Crippen molar-refractivity contribution in [1.29, 1.82) is 0 Å². The second-order valence-corrected chi connectivity index (χ2v) is 5.49. The number of hydrogen-bond donors (Lipinski definition) is 3. The number of Topliss-reactive ketones (excluding diaryl/α,β-unsaturated/α-hetero) is 1. The molecule has 0 saturated carbocycles. The zero-order valence-electron chi connectivity index (χ0n) is 11.6. The van der Waals surface area contributed by atoms with E-state index in [1.165, 1.54) is 0 Å². The fourth-order valence-corrected chi connectivity index (χ4v) is 2.85. The molecule has 21 heavy (non-hydrogen) atoms. The SMILES string of the molecule is Cl.O=C1CCCc2ccc(NC(=O)C3CC(O)CN3)cc21. The second kappa shape index (κ2) is 6.56. The predicted molar refractivity (Wildman–Crippen MR) is 82.0 cm³/mol. The van der Waals surface area contributed by atoms with Crippen LogP contribution in [0.3, 0.4) is 0 Å². The highest BCUT2D eigenvalue weighted by molar-refractivity contribution is 6.01. The first kappa shape index (κ1) is 15.9. The number of anilines is 1. The molecular weight excluding hydrogens is 292 g/mol. The van der Waals surface area contributed by atoms with Crippen molar-refractivity contribution in [3.05, 3.63) is 29.3 Å². The number of hydrogen-bond acceptors (Lipinski definition) is 4. The van der Waals surface area contributed by atoms with Gasteiger partial charge in [-0.15, -0.1) is 12.4 Å². The van der Waals surface area contributed by atoms with Crippen LogP contribution in [0.1, 0.15) is 35.2 Å². The van der Waals surface area contributed by atoms with Crippen molar-refractivity contribution in [2.45, 2.75) is 37.8 Å². The summed E-state index contributed by atoms with van der Waals surface area (Å²) in [5.74, 6) is -0.0125. The quantitative estimate of drug-likeness (QED) is 0.769. The molecule has 1 fully saturated rings. The van der Waals surface area contributed by atoms with Crippen LogP contribution >= 0.6 is 12.4 Å². The zero-order valence-corrected chi connectivity index (χ0v) is 12.4. The monoisotopic (exact) mass is 310 g/mol. The predicted octanol–water partition coefficient (Wildman–Crippen LogP) is 1.29. The summed E-state index contributed by atoms with van der Waals surface area (Å²) in [6, 6.07) is 5.15. The van der Waals surface area contributed by atoms with Gasteiger partial charge in [-0.05, 0) is 37.0 Å². The number of aliphatic hydroxyl groups excluding tert-OH is 1. The average Bonchev–Trinajstić information content (AvgIpc) is 2.86. The van der Waals surface area contributed by atoms with Crippen molar-refractivity contribution in [1.82, 2.24) is 5.32 Å². The summed E-state index contributed by atoms with van der Waals surface area (Å²) in [6.45, 7) is 0.445. The van der Waals surface area contributed by atoms with Gasteiger partial charge >= 0.3 is 0 Å². The zero-order chi connectivity index (χ0) is 14.1. The Balaban J connectivity index is 0.00000161. The molecule has 5 nitrogen and oxygen atoms in total. The lowest BCUT2D eigenvalue weighted by molar-refractivity contribution is -0.117. The third kappa shape index (κ3) is 3.43. The number of carbonyl (C=O) groups excluding carboxylic acids is 2. The first-order chi connectivity index (χ1) is 9.63. The van der Waals surface area contributed by atoms with Gasteiger partial charge in [-0.3, -0.25) is 9.59 Å². The molecule has 1 aromatic rings. The van der Waals surface area contributed by atoms with Gasteiger partial charge < -0.3 is 15.7 Å².